The maximum atomic E-state index is 12.5. The van der Waals surface area contributed by atoms with Crippen LogP contribution >= 0.6 is 0 Å². The zero-order chi connectivity index (χ0) is 14.1. The highest BCUT2D eigenvalue weighted by molar-refractivity contribution is 5.77. The predicted molar refractivity (Wildman–Crippen MR) is 75.0 cm³/mol. The third-order valence-corrected chi connectivity index (χ3v) is 4.76. The first-order valence-corrected chi connectivity index (χ1v) is 7.61. The van der Waals surface area contributed by atoms with Gasteiger partial charge in [-0.3, -0.25) is 9.48 Å². The van der Waals surface area contributed by atoms with E-state index in [0.717, 1.165) is 37.8 Å². The molecule has 2 aliphatic heterocycles. The van der Waals surface area contributed by atoms with Crippen LogP contribution < -0.4 is 0 Å². The van der Waals surface area contributed by atoms with Gasteiger partial charge in [0.1, 0.15) is 0 Å². The first-order valence-electron chi connectivity index (χ1n) is 7.61. The Morgan fingerprint density at radius 3 is 2.70 bits per heavy atom. The number of carbonyl (C=O) groups excluding carboxylic acids is 1. The SMILES string of the molecule is Cn1nccc1CCC(=O)N1[C@@H]2CCC[C@H]1CC(O)C2. The highest BCUT2D eigenvalue weighted by atomic mass is 16.3. The van der Waals surface area contributed by atoms with Gasteiger partial charge in [-0.15, -0.1) is 0 Å². The fourth-order valence-electron chi connectivity index (χ4n) is 3.77. The van der Waals surface area contributed by atoms with Crippen molar-refractivity contribution in [2.45, 2.75) is 63.1 Å². The lowest BCUT2D eigenvalue weighted by molar-refractivity contribution is -0.144. The van der Waals surface area contributed by atoms with E-state index in [4.69, 9.17) is 0 Å². The molecule has 0 spiro atoms. The van der Waals surface area contributed by atoms with Gasteiger partial charge >= 0.3 is 0 Å². The molecule has 5 heteroatoms. The van der Waals surface area contributed by atoms with Crippen LogP contribution in [0.3, 0.4) is 0 Å². The molecule has 1 unspecified atom stereocenters. The highest BCUT2D eigenvalue weighted by Gasteiger charge is 2.39. The lowest BCUT2D eigenvalue weighted by Crippen LogP contribution is -2.55. The van der Waals surface area contributed by atoms with E-state index in [1.54, 1.807) is 6.20 Å². The molecule has 3 heterocycles. The van der Waals surface area contributed by atoms with Gasteiger partial charge in [0, 0.05) is 37.4 Å². The Hall–Kier alpha value is -1.36. The van der Waals surface area contributed by atoms with Gasteiger partial charge in [0.15, 0.2) is 0 Å². The third-order valence-electron chi connectivity index (χ3n) is 4.76. The summed E-state index contributed by atoms with van der Waals surface area (Å²) in [5.74, 6) is 0.243. The fourth-order valence-corrected chi connectivity index (χ4v) is 3.77. The van der Waals surface area contributed by atoms with Crippen LogP contribution in [0.5, 0.6) is 0 Å². The van der Waals surface area contributed by atoms with Crippen molar-refractivity contribution in [2.24, 2.45) is 7.05 Å². The summed E-state index contributed by atoms with van der Waals surface area (Å²) in [5.41, 5.74) is 1.10. The van der Waals surface area contributed by atoms with E-state index in [0.29, 0.717) is 6.42 Å². The van der Waals surface area contributed by atoms with Crippen LogP contribution in [0, 0.1) is 0 Å². The van der Waals surface area contributed by atoms with E-state index in [1.165, 1.54) is 6.42 Å². The summed E-state index contributed by atoms with van der Waals surface area (Å²) >= 11 is 0. The maximum Gasteiger partial charge on any atom is 0.223 e. The number of hydrogen-bond donors (Lipinski definition) is 1. The van der Waals surface area contributed by atoms with Crippen LogP contribution in [-0.4, -0.2) is 43.9 Å². The molecule has 5 nitrogen and oxygen atoms in total. The Morgan fingerprint density at radius 2 is 2.10 bits per heavy atom. The second-order valence-electron chi connectivity index (χ2n) is 6.11. The Morgan fingerprint density at radius 1 is 1.40 bits per heavy atom. The topological polar surface area (TPSA) is 58.4 Å². The fraction of sp³-hybridized carbons (Fsp3) is 0.733. The van der Waals surface area contributed by atoms with Crippen LogP contribution in [0.1, 0.15) is 44.2 Å². The molecule has 1 aromatic heterocycles. The molecule has 2 bridgehead atoms. The van der Waals surface area contributed by atoms with Crippen molar-refractivity contribution < 1.29 is 9.90 Å². The van der Waals surface area contributed by atoms with Crippen LogP contribution in [0.15, 0.2) is 12.3 Å². The van der Waals surface area contributed by atoms with Crippen LogP contribution in [0.25, 0.3) is 0 Å². The van der Waals surface area contributed by atoms with Crippen molar-refractivity contribution >= 4 is 5.91 Å². The number of carbonyl (C=O) groups is 1. The molecule has 1 amide bonds. The number of aliphatic hydroxyl groups excluding tert-OH is 1. The summed E-state index contributed by atoms with van der Waals surface area (Å²) in [6, 6.07) is 2.49. The van der Waals surface area contributed by atoms with Gasteiger partial charge in [-0.05, 0) is 44.6 Å². The molecule has 0 aliphatic carbocycles. The lowest BCUT2D eigenvalue weighted by atomic mass is 9.82. The molecule has 20 heavy (non-hydrogen) atoms. The summed E-state index contributed by atoms with van der Waals surface area (Å²) in [6.07, 6.45) is 7.64. The predicted octanol–water partition coefficient (Wildman–Crippen LogP) is 1.26. The molecule has 1 aromatic rings. The summed E-state index contributed by atoms with van der Waals surface area (Å²) in [4.78, 5) is 14.6. The smallest absolute Gasteiger partial charge is 0.223 e. The lowest BCUT2D eigenvalue weighted by Gasteiger charge is -2.47. The number of aromatic nitrogens is 2. The van der Waals surface area contributed by atoms with Crippen LogP contribution in [-0.2, 0) is 18.3 Å². The molecule has 2 saturated heterocycles. The number of aryl methyl sites for hydroxylation is 2. The highest BCUT2D eigenvalue weighted by Crippen LogP contribution is 2.34. The van der Waals surface area contributed by atoms with Crippen molar-refractivity contribution in [1.29, 1.82) is 0 Å². The average Bonchev–Trinajstić information content (AvgIpc) is 2.80. The minimum Gasteiger partial charge on any atom is -0.393 e. The van der Waals surface area contributed by atoms with Crippen LogP contribution in [0.2, 0.25) is 0 Å². The number of piperidine rings is 2. The number of nitrogens with zero attached hydrogens (tertiary/aromatic N) is 3. The van der Waals surface area contributed by atoms with Gasteiger partial charge in [0.05, 0.1) is 6.10 Å². The Bertz CT molecular complexity index is 471. The molecule has 0 aromatic carbocycles. The van der Waals surface area contributed by atoms with E-state index in [2.05, 4.69) is 10.00 Å². The molecule has 110 valence electrons. The van der Waals surface area contributed by atoms with Crippen LogP contribution in [0.4, 0.5) is 0 Å². The van der Waals surface area contributed by atoms with Crippen molar-refractivity contribution in [2.75, 3.05) is 0 Å². The quantitative estimate of drug-likeness (QED) is 0.905. The number of hydrogen-bond acceptors (Lipinski definition) is 3. The Kier molecular flexibility index (Phi) is 3.78. The average molecular weight is 277 g/mol. The Labute approximate surface area is 119 Å². The largest absolute Gasteiger partial charge is 0.393 e. The molecular weight excluding hydrogens is 254 g/mol. The second-order valence-corrected chi connectivity index (χ2v) is 6.11. The maximum absolute atomic E-state index is 12.5. The normalized spacial score (nSPS) is 29.5. The summed E-state index contributed by atoms with van der Waals surface area (Å²) < 4.78 is 1.83. The van der Waals surface area contributed by atoms with Crippen molar-refractivity contribution in [1.82, 2.24) is 14.7 Å². The first-order chi connectivity index (χ1) is 9.65. The Balaban J connectivity index is 1.63. The van der Waals surface area contributed by atoms with Crippen molar-refractivity contribution in [3.05, 3.63) is 18.0 Å². The second kappa shape index (κ2) is 5.56. The molecule has 1 N–H and O–H groups in total. The summed E-state index contributed by atoms with van der Waals surface area (Å²) in [7, 11) is 1.91. The third kappa shape index (κ3) is 2.59. The minimum atomic E-state index is -0.216. The monoisotopic (exact) mass is 277 g/mol. The molecule has 2 fully saturated rings. The van der Waals surface area contributed by atoms with E-state index < -0.39 is 0 Å². The van der Waals surface area contributed by atoms with Gasteiger partial charge in [0.25, 0.3) is 0 Å². The summed E-state index contributed by atoms with van der Waals surface area (Å²) in [5, 5.41) is 14.0. The first kappa shape index (κ1) is 13.6. The zero-order valence-corrected chi connectivity index (χ0v) is 12.0. The minimum absolute atomic E-state index is 0.216. The zero-order valence-electron chi connectivity index (χ0n) is 12.0. The number of amides is 1. The number of aliphatic hydroxyl groups is 1. The van der Waals surface area contributed by atoms with E-state index >= 15 is 0 Å². The number of rotatable bonds is 3. The van der Waals surface area contributed by atoms with E-state index in [9.17, 15) is 9.90 Å². The van der Waals surface area contributed by atoms with Crippen molar-refractivity contribution in [3.8, 4) is 0 Å². The standard InChI is InChI=1S/C15H23N3O2/c1-17-11(7-8-16-17)5-6-15(20)18-12-3-2-4-13(18)10-14(19)9-12/h7-8,12-14,19H,2-6,9-10H2,1H3/t12-,13+,14?. The summed E-state index contributed by atoms with van der Waals surface area (Å²) in [6.45, 7) is 0. The van der Waals surface area contributed by atoms with Gasteiger partial charge in [-0.1, -0.05) is 0 Å². The molecule has 3 rings (SSSR count). The van der Waals surface area contributed by atoms with E-state index in [-0.39, 0.29) is 24.1 Å². The molecular formula is C15H23N3O2. The molecule has 3 atom stereocenters. The molecule has 0 saturated carbocycles. The van der Waals surface area contributed by atoms with E-state index in [1.807, 2.05) is 17.8 Å². The number of fused-ring (bicyclic) bond motifs is 2. The molecule has 0 radical (unpaired) electrons. The van der Waals surface area contributed by atoms with Gasteiger partial charge in [-0.2, -0.15) is 5.10 Å². The molecule has 2 aliphatic rings. The van der Waals surface area contributed by atoms with Gasteiger partial charge < -0.3 is 10.0 Å². The van der Waals surface area contributed by atoms with Gasteiger partial charge in [0.2, 0.25) is 5.91 Å². The van der Waals surface area contributed by atoms with Crippen molar-refractivity contribution in [3.63, 3.8) is 0 Å². The van der Waals surface area contributed by atoms with Gasteiger partial charge in [-0.25, -0.2) is 0 Å².